The van der Waals surface area contributed by atoms with Crippen LogP contribution in [0.2, 0.25) is 0 Å². The maximum absolute atomic E-state index is 12.2. The molecule has 1 aromatic carbocycles. The molecular formula is C17H25NO3S2. The second-order valence-electron chi connectivity index (χ2n) is 6.24. The van der Waals surface area contributed by atoms with Gasteiger partial charge in [-0.05, 0) is 39.0 Å². The Morgan fingerprint density at radius 2 is 1.83 bits per heavy atom. The highest BCUT2D eigenvalue weighted by molar-refractivity contribution is 8.29. The van der Waals surface area contributed by atoms with E-state index in [0.717, 1.165) is 11.3 Å². The predicted octanol–water partition coefficient (Wildman–Crippen LogP) is 3.31. The fourth-order valence-electron chi connectivity index (χ4n) is 2.14. The van der Waals surface area contributed by atoms with Crippen molar-refractivity contribution >= 4 is 32.5 Å². The van der Waals surface area contributed by atoms with E-state index in [4.69, 9.17) is 15.9 Å². The SMILES string of the molecule is CCS(=S)[C@H](c1ccccc1)[C@H](NC(=O)OC(C)(C)C)C(C)=O. The molecule has 128 valence electrons. The van der Waals surface area contributed by atoms with Crippen molar-refractivity contribution in [1.82, 2.24) is 5.32 Å². The number of hydrogen-bond acceptors (Lipinski definition) is 4. The van der Waals surface area contributed by atoms with Gasteiger partial charge in [-0.2, -0.15) is 0 Å². The highest BCUT2D eigenvalue weighted by Gasteiger charge is 2.32. The molecule has 0 spiro atoms. The third-order valence-corrected chi connectivity index (χ3v) is 6.12. The van der Waals surface area contributed by atoms with Crippen molar-refractivity contribution in [2.75, 3.05) is 5.75 Å². The Labute approximate surface area is 145 Å². The van der Waals surface area contributed by atoms with Crippen molar-refractivity contribution in [2.45, 2.75) is 51.5 Å². The van der Waals surface area contributed by atoms with Gasteiger partial charge in [0.25, 0.3) is 0 Å². The molecule has 0 saturated heterocycles. The molecule has 0 bridgehead atoms. The summed E-state index contributed by atoms with van der Waals surface area (Å²) in [6.07, 6.45) is -0.596. The highest BCUT2D eigenvalue weighted by Crippen LogP contribution is 2.25. The van der Waals surface area contributed by atoms with Crippen LogP contribution in [0.15, 0.2) is 30.3 Å². The topological polar surface area (TPSA) is 55.4 Å². The number of carbonyl (C=O) groups excluding carboxylic acids is 2. The van der Waals surface area contributed by atoms with Crippen LogP contribution in [0, 0.1) is 0 Å². The molecule has 1 unspecified atom stereocenters. The first-order valence-corrected chi connectivity index (χ1v) is 9.96. The summed E-state index contributed by atoms with van der Waals surface area (Å²) < 4.78 is 5.28. The molecule has 0 aliphatic rings. The van der Waals surface area contributed by atoms with E-state index < -0.39 is 27.2 Å². The lowest BCUT2D eigenvalue weighted by Gasteiger charge is -2.29. The van der Waals surface area contributed by atoms with E-state index >= 15 is 0 Å². The van der Waals surface area contributed by atoms with Crippen molar-refractivity contribution in [3.63, 3.8) is 0 Å². The molecule has 1 N–H and O–H groups in total. The van der Waals surface area contributed by atoms with Crippen molar-refractivity contribution in [2.24, 2.45) is 0 Å². The van der Waals surface area contributed by atoms with Crippen LogP contribution in [-0.4, -0.2) is 29.3 Å². The van der Waals surface area contributed by atoms with Gasteiger partial charge in [-0.25, -0.2) is 4.79 Å². The summed E-state index contributed by atoms with van der Waals surface area (Å²) in [5, 5.41) is 2.48. The zero-order chi connectivity index (χ0) is 17.6. The lowest BCUT2D eigenvalue weighted by Crippen LogP contribution is -2.47. The number of benzene rings is 1. The zero-order valence-corrected chi connectivity index (χ0v) is 15.9. The third kappa shape index (κ3) is 6.39. The quantitative estimate of drug-likeness (QED) is 0.850. The summed E-state index contributed by atoms with van der Waals surface area (Å²) in [4.78, 5) is 24.3. The van der Waals surface area contributed by atoms with Gasteiger partial charge in [0.15, 0.2) is 5.78 Å². The average molecular weight is 356 g/mol. The van der Waals surface area contributed by atoms with E-state index in [1.54, 1.807) is 20.8 Å². The van der Waals surface area contributed by atoms with Crippen molar-refractivity contribution in [1.29, 1.82) is 0 Å². The first kappa shape index (κ1) is 19.8. The largest absolute Gasteiger partial charge is 0.444 e. The van der Waals surface area contributed by atoms with Crippen LogP contribution < -0.4 is 5.32 Å². The molecular weight excluding hydrogens is 330 g/mol. The van der Waals surface area contributed by atoms with Crippen LogP contribution in [0.25, 0.3) is 0 Å². The van der Waals surface area contributed by atoms with E-state index in [9.17, 15) is 9.59 Å². The summed E-state index contributed by atoms with van der Waals surface area (Å²) in [5.41, 5.74) is 0.345. The molecule has 0 aliphatic heterocycles. The number of amides is 1. The molecule has 1 rings (SSSR count). The predicted molar refractivity (Wildman–Crippen MR) is 98.3 cm³/mol. The smallest absolute Gasteiger partial charge is 0.408 e. The summed E-state index contributed by atoms with van der Waals surface area (Å²) in [6.45, 7) is 8.83. The first-order chi connectivity index (χ1) is 10.7. The zero-order valence-electron chi connectivity index (χ0n) is 14.3. The van der Waals surface area contributed by atoms with Gasteiger partial charge in [0.05, 0.1) is 5.25 Å². The molecule has 4 nitrogen and oxygen atoms in total. The molecule has 23 heavy (non-hydrogen) atoms. The minimum absolute atomic E-state index is 0.125. The Hall–Kier alpha value is -1.27. The third-order valence-electron chi connectivity index (χ3n) is 3.11. The van der Waals surface area contributed by atoms with Gasteiger partial charge in [-0.3, -0.25) is 4.79 Å². The lowest BCUT2D eigenvalue weighted by atomic mass is 10.0. The number of nitrogens with one attached hydrogen (secondary N) is 1. The minimum Gasteiger partial charge on any atom is -0.444 e. The summed E-state index contributed by atoms with van der Waals surface area (Å²) in [7, 11) is -0.464. The molecule has 6 heteroatoms. The maximum atomic E-state index is 12.2. The Bertz CT molecular complexity index is 567. The number of Topliss-reactive ketones (excluding diaryl/α,β-unsaturated/α-hetero) is 1. The van der Waals surface area contributed by atoms with Gasteiger partial charge >= 0.3 is 6.09 Å². The maximum Gasteiger partial charge on any atom is 0.408 e. The second kappa shape index (κ2) is 8.55. The first-order valence-electron chi connectivity index (χ1n) is 7.57. The Balaban J connectivity index is 3.10. The van der Waals surface area contributed by atoms with E-state index in [0.29, 0.717) is 0 Å². The van der Waals surface area contributed by atoms with Crippen molar-refractivity contribution in [3.8, 4) is 0 Å². The van der Waals surface area contributed by atoms with Gasteiger partial charge in [0.2, 0.25) is 0 Å². The van der Waals surface area contributed by atoms with Gasteiger partial charge in [-0.1, -0.05) is 48.4 Å². The van der Waals surface area contributed by atoms with Crippen LogP contribution in [0.1, 0.15) is 45.4 Å². The van der Waals surface area contributed by atoms with Crippen LogP contribution in [0.5, 0.6) is 0 Å². The number of ketones is 1. The molecule has 1 aromatic rings. The number of rotatable bonds is 6. The number of ether oxygens (including phenoxy) is 1. The van der Waals surface area contributed by atoms with Crippen molar-refractivity contribution < 1.29 is 14.3 Å². The summed E-state index contributed by atoms with van der Waals surface area (Å²) in [6, 6.07) is 8.94. The number of hydrogen-bond donors (Lipinski definition) is 1. The Morgan fingerprint density at radius 3 is 2.26 bits per heavy atom. The molecule has 1 amide bonds. The molecule has 0 saturated carbocycles. The fraction of sp³-hybridized carbons (Fsp3) is 0.529. The van der Waals surface area contributed by atoms with Crippen LogP contribution in [-0.2, 0) is 30.2 Å². The summed E-state index contributed by atoms with van der Waals surface area (Å²) >= 11 is 5.58. The molecule has 0 heterocycles. The number of carbonyl (C=O) groups is 2. The summed E-state index contributed by atoms with van der Waals surface area (Å²) in [5.74, 6) is 0.634. The molecule has 0 aliphatic carbocycles. The minimum atomic E-state index is -0.687. The van der Waals surface area contributed by atoms with Gasteiger partial charge in [0, 0.05) is 0 Å². The molecule has 0 radical (unpaired) electrons. The second-order valence-corrected chi connectivity index (χ2v) is 9.37. The van der Waals surface area contributed by atoms with E-state index in [2.05, 4.69) is 5.32 Å². The van der Waals surface area contributed by atoms with E-state index in [1.165, 1.54) is 6.92 Å². The van der Waals surface area contributed by atoms with Gasteiger partial charge in [0.1, 0.15) is 11.6 Å². The molecule has 0 aromatic heterocycles. The standard InChI is InChI=1S/C17H25NO3S2/c1-6-23(22)15(13-10-8-7-9-11-13)14(12(2)19)18-16(20)21-17(3,4)5/h7-11,14-15H,6H2,1-5H3,(H,18,20)/t14-,15-,23?/m1/s1. The Morgan fingerprint density at radius 1 is 1.26 bits per heavy atom. The normalized spacial score (nSPS) is 15.3. The lowest BCUT2D eigenvalue weighted by molar-refractivity contribution is -0.119. The monoisotopic (exact) mass is 355 g/mol. The van der Waals surface area contributed by atoms with E-state index in [-0.39, 0.29) is 11.0 Å². The van der Waals surface area contributed by atoms with Crippen molar-refractivity contribution in [3.05, 3.63) is 35.9 Å². The van der Waals surface area contributed by atoms with E-state index in [1.807, 2.05) is 37.3 Å². The van der Waals surface area contributed by atoms with Crippen LogP contribution in [0.3, 0.4) is 0 Å². The number of alkyl carbamates (subject to hydrolysis) is 1. The van der Waals surface area contributed by atoms with Gasteiger partial charge in [-0.15, -0.1) is 9.45 Å². The fourth-order valence-corrected chi connectivity index (χ4v) is 4.19. The van der Waals surface area contributed by atoms with Gasteiger partial charge < -0.3 is 10.1 Å². The van der Waals surface area contributed by atoms with Crippen LogP contribution in [0.4, 0.5) is 4.79 Å². The average Bonchev–Trinajstić information content (AvgIpc) is 2.45. The highest BCUT2D eigenvalue weighted by atomic mass is 32.8. The Kier molecular flexibility index (Phi) is 7.35. The molecule has 3 atom stereocenters. The van der Waals surface area contributed by atoms with Crippen LogP contribution >= 0.6 is 0 Å². The molecule has 0 fully saturated rings.